The highest BCUT2D eigenvalue weighted by atomic mass is 19.4. The number of aromatic nitrogens is 4. The van der Waals surface area contributed by atoms with E-state index in [0.29, 0.717) is 39.7 Å². The fraction of sp³-hybridized carbons (Fsp3) is 0.174. The highest BCUT2D eigenvalue weighted by Gasteiger charge is 2.32. The quantitative estimate of drug-likeness (QED) is 0.290. The Kier molecular flexibility index (Phi) is 5.99. The summed E-state index contributed by atoms with van der Waals surface area (Å²) in [6, 6.07) is 10.2. The van der Waals surface area contributed by atoms with E-state index in [0.717, 1.165) is 12.3 Å². The minimum atomic E-state index is -4.49. The second-order valence-corrected chi connectivity index (χ2v) is 7.11. The van der Waals surface area contributed by atoms with E-state index in [-0.39, 0.29) is 0 Å². The topological polar surface area (TPSA) is 72.9 Å². The number of hydrogen-bond donors (Lipinski definition) is 1. The first-order valence-corrected chi connectivity index (χ1v) is 9.79. The molecule has 10 heteroatoms. The molecule has 170 valence electrons. The summed E-state index contributed by atoms with van der Waals surface area (Å²) in [5.41, 5.74) is 1.54. The summed E-state index contributed by atoms with van der Waals surface area (Å²) < 4.78 is 62.5. The number of alkyl halides is 3. The number of ether oxygens (including phenoxy) is 2. The molecule has 1 unspecified atom stereocenters. The predicted molar refractivity (Wildman–Crippen MR) is 112 cm³/mol. The molecule has 0 bridgehead atoms. The maximum Gasteiger partial charge on any atom is 0.433 e. The number of nitrogens with one attached hydrogen (secondary N) is 1. The number of benzene rings is 1. The van der Waals surface area contributed by atoms with Crippen LogP contribution in [0.25, 0.3) is 22.6 Å². The van der Waals surface area contributed by atoms with Crippen LogP contribution in [0.4, 0.5) is 17.6 Å². The average Bonchev–Trinajstić information content (AvgIpc) is 3.29. The van der Waals surface area contributed by atoms with Crippen molar-refractivity contribution in [3.05, 3.63) is 78.3 Å². The maximum absolute atomic E-state index is 13.1. The van der Waals surface area contributed by atoms with Crippen LogP contribution >= 0.6 is 0 Å². The van der Waals surface area contributed by atoms with E-state index in [1.807, 2.05) is 0 Å². The maximum atomic E-state index is 13.1. The van der Waals surface area contributed by atoms with Gasteiger partial charge in [0, 0.05) is 35.2 Å². The van der Waals surface area contributed by atoms with Gasteiger partial charge in [0.2, 0.25) is 5.95 Å². The lowest BCUT2D eigenvalue weighted by Gasteiger charge is -2.17. The number of pyridine rings is 2. The molecule has 0 aliphatic rings. The van der Waals surface area contributed by atoms with Gasteiger partial charge in [0.1, 0.15) is 29.1 Å². The monoisotopic (exact) mass is 458 g/mol. The molecule has 33 heavy (non-hydrogen) atoms. The molecule has 3 aromatic heterocycles. The minimum absolute atomic E-state index is 0.463. The van der Waals surface area contributed by atoms with Crippen LogP contribution in [0.15, 0.2) is 61.1 Å². The average molecular weight is 458 g/mol. The first kappa shape index (κ1) is 22.3. The van der Waals surface area contributed by atoms with Crippen molar-refractivity contribution in [3.8, 4) is 34.1 Å². The molecule has 0 spiro atoms. The van der Waals surface area contributed by atoms with Crippen molar-refractivity contribution >= 4 is 0 Å². The van der Waals surface area contributed by atoms with Crippen LogP contribution in [0, 0.1) is 5.95 Å². The number of hydrogen-bond acceptors (Lipinski definition) is 5. The third-order valence-electron chi connectivity index (χ3n) is 4.90. The highest BCUT2D eigenvalue weighted by Crippen LogP contribution is 2.35. The zero-order chi connectivity index (χ0) is 23.6. The zero-order valence-electron chi connectivity index (χ0n) is 17.5. The first-order chi connectivity index (χ1) is 15.7. The highest BCUT2D eigenvalue weighted by molar-refractivity contribution is 5.70. The standard InChI is InChI=1S/C23H18F4N4O2/c1-13(14-3-7-20(28-10-14)23(25,26)27)33-16-5-6-17(19(9-16)32-2)18-12-30-22(31-18)15-4-8-21(24)29-11-15/h3-13H,1-2H3,(H,30,31). The Bertz CT molecular complexity index is 1240. The SMILES string of the molecule is COc1cc(OC(C)c2ccc(C(F)(F)F)nc2)ccc1-c1cnc(-c2ccc(F)nc2)[nH]1. The van der Waals surface area contributed by atoms with Crippen molar-refractivity contribution in [1.29, 1.82) is 0 Å². The fourth-order valence-corrected chi connectivity index (χ4v) is 3.17. The predicted octanol–water partition coefficient (Wildman–Crippen LogP) is 5.84. The van der Waals surface area contributed by atoms with Crippen molar-refractivity contribution in [2.45, 2.75) is 19.2 Å². The van der Waals surface area contributed by atoms with Crippen molar-refractivity contribution < 1.29 is 27.0 Å². The van der Waals surface area contributed by atoms with Crippen LogP contribution in [-0.4, -0.2) is 27.0 Å². The van der Waals surface area contributed by atoms with E-state index in [1.165, 1.54) is 25.4 Å². The Morgan fingerprint density at radius 2 is 1.76 bits per heavy atom. The van der Waals surface area contributed by atoms with E-state index in [9.17, 15) is 17.6 Å². The Morgan fingerprint density at radius 3 is 2.39 bits per heavy atom. The molecule has 3 heterocycles. The van der Waals surface area contributed by atoms with Gasteiger partial charge in [-0.15, -0.1) is 0 Å². The van der Waals surface area contributed by atoms with Crippen LogP contribution in [-0.2, 0) is 6.18 Å². The summed E-state index contributed by atoms with van der Waals surface area (Å²) >= 11 is 0. The number of halogens is 4. The second kappa shape index (κ2) is 8.89. The Morgan fingerprint density at radius 1 is 0.939 bits per heavy atom. The number of H-pyrrole nitrogens is 1. The van der Waals surface area contributed by atoms with E-state index in [4.69, 9.17) is 9.47 Å². The van der Waals surface area contributed by atoms with Gasteiger partial charge in [0.05, 0.1) is 19.0 Å². The van der Waals surface area contributed by atoms with E-state index >= 15 is 0 Å². The third-order valence-corrected chi connectivity index (χ3v) is 4.90. The lowest BCUT2D eigenvalue weighted by Crippen LogP contribution is -2.09. The normalized spacial score (nSPS) is 12.4. The Balaban J connectivity index is 1.53. The lowest BCUT2D eigenvalue weighted by atomic mass is 10.1. The first-order valence-electron chi connectivity index (χ1n) is 9.79. The smallest absolute Gasteiger partial charge is 0.433 e. The van der Waals surface area contributed by atoms with Gasteiger partial charge in [0.15, 0.2) is 0 Å². The van der Waals surface area contributed by atoms with E-state index in [1.54, 1.807) is 37.4 Å². The lowest BCUT2D eigenvalue weighted by molar-refractivity contribution is -0.141. The van der Waals surface area contributed by atoms with Gasteiger partial charge < -0.3 is 14.5 Å². The number of aromatic amines is 1. The van der Waals surface area contributed by atoms with Crippen LogP contribution < -0.4 is 9.47 Å². The molecule has 0 radical (unpaired) electrons. The van der Waals surface area contributed by atoms with Gasteiger partial charge in [-0.25, -0.2) is 9.97 Å². The van der Waals surface area contributed by atoms with E-state index < -0.39 is 23.9 Å². The third kappa shape index (κ3) is 4.94. The molecular weight excluding hydrogens is 440 g/mol. The molecule has 1 aromatic carbocycles. The molecule has 0 aliphatic carbocycles. The summed E-state index contributed by atoms with van der Waals surface area (Å²) in [7, 11) is 1.51. The summed E-state index contributed by atoms with van der Waals surface area (Å²) in [5, 5.41) is 0. The summed E-state index contributed by atoms with van der Waals surface area (Å²) in [4.78, 5) is 14.6. The van der Waals surface area contributed by atoms with Crippen molar-refractivity contribution in [2.24, 2.45) is 0 Å². The molecule has 0 amide bonds. The molecule has 0 fully saturated rings. The number of nitrogens with zero attached hydrogens (tertiary/aromatic N) is 3. The van der Waals surface area contributed by atoms with Crippen molar-refractivity contribution in [3.63, 3.8) is 0 Å². The van der Waals surface area contributed by atoms with Gasteiger partial charge in [0.25, 0.3) is 0 Å². The Labute approximate surface area is 186 Å². The summed E-state index contributed by atoms with van der Waals surface area (Å²) in [6.45, 7) is 1.71. The fourth-order valence-electron chi connectivity index (χ4n) is 3.17. The minimum Gasteiger partial charge on any atom is -0.496 e. The molecular formula is C23H18F4N4O2. The number of methoxy groups -OCH3 is 1. The molecule has 4 aromatic rings. The van der Waals surface area contributed by atoms with Crippen LogP contribution in [0.5, 0.6) is 11.5 Å². The van der Waals surface area contributed by atoms with Crippen molar-refractivity contribution in [2.75, 3.05) is 7.11 Å². The molecule has 0 saturated heterocycles. The number of imidazole rings is 1. The number of rotatable bonds is 6. The zero-order valence-corrected chi connectivity index (χ0v) is 17.5. The van der Waals surface area contributed by atoms with Crippen LogP contribution in [0.2, 0.25) is 0 Å². The van der Waals surface area contributed by atoms with Gasteiger partial charge in [-0.3, -0.25) is 4.98 Å². The molecule has 0 saturated carbocycles. The summed E-state index contributed by atoms with van der Waals surface area (Å²) in [6.07, 6.45) is -0.891. The summed E-state index contributed by atoms with van der Waals surface area (Å²) in [5.74, 6) is 0.899. The molecule has 4 rings (SSSR count). The molecule has 1 N–H and O–H groups in total. The molecule has 1 atom stereocenters. The van der Waals surface area contributed by atoms with Crippen molar-refractivity contribution in [1.82, 2.24) is 19.9 Å². The van der Waals surface area contributed by atoms with Gasteiger partial charge in [-0.05, 0) is 37.3 Å². The van der Waals surface area contributed by atoms with Gasteiger partial charge >= 0.3 is 6.18 Å². The second-order valence-electron chi connectivity index (χ2n) is 7.11. The van der Waals surface area contributed by atoms with Gasteiger partial charge in [-0.1, -0.05) is 6.07 Å². The van der Waals surface area contributed by atoms with E-state index in [2.05, 4.69) is 19.9 Å². The van der Waals surface area contributed by atoms with Crippen LogP contribution in [0.1, 0.15) is 24.3 Å². The largest absolute Gasteiger partial charge is 0.496 e. The Hall–Kier alpha value is -3.95. The molecule has 0 aliphatic heterocycles. The van der Waals surface area contributed by atoms with Gasteiger partial charge in [-0.2, -0.15) is 17.6 Å². The molecule has 6 nitrogen and oxygen atoms in total. The van der Waals surface area contributed by atoms with Crippen LogP contribution in [0.3, 0.4) is 0 Å².